The van der Waals surface area contributed by atoms with Gasteiger partial charge in [0.15, 0.2) is 11.2 Å². The Kier molecular flexibility index (Phi) is 5.22. The number of anilines is 1. The highest BCUT2D eigenvalue weighted by Crippen LogP contribution is 2.23. The average molecular weight is 426 g/mol. The van der Waals surface area contributed by atoms with Gasteiger partial charge < -0.3 is 15.0 Å². The monoisotopic (exact) mass is 425 g/mol. The van der Waals surface area contributed by atoms with Crippen LogP contribution in [0.15, 0.2) is 27.8 Å². The molecule has 0 unspecified atom stereocenters. The summed E-state index contributed by atoms with van der Waals surface area (Å²) < 4.78 is 3.74. The van der Waals surface area contributed by atoms with Crippen molar-refractivity contribution in [3.8, 4) is 0 Å². The van der Waals surface area contributed by atoms with Crippen molar-refractivity contribution < 1.29 is 9.90 Å². The van der Waals surface area contributed by atoms with Crippen molar-refractivity contribution in [1.29, 1.82) is 0 Å². The molecule has 28 heavy (non-hydrogen) atoms. The van der Waals surface area contributed by atoms with Crippen LogP contribution < -0.4 is 16.6 Å². The largest absolute Gasteiger partial charge is 0.480 e. The zero-order valence-electron chi connectivity index (χ0n) is 15.2. The van der Waals surface area contributed by atoms with Gasteiger partial charge in [-0.3, -0.25) is 18.7 Å². The van der Waals surface area contributed by atoms with E-state index in [0.717, 1.165) is 4.57 Å². The van der Waals surface area contributed by atoms with Crippen LogP contribution >= 0.6 is 23.2 Å². The molecule has 1 atom stereocenters. The van der Waals surface area contributed by atoms with E-state index < -0.39 is 23.3 Å². The summed E-state index contributed by atoms with van der Waals surface area (Å²) in [5, 5.41) is 12.5. The summed E-state index contributed by atoms with van der Waals surface area (Å²) in [6.45, 7) is 1.45. The second-order valence-electron chi connectivity index (χ2n) is 6.35. The van der Waals surface area contributed by atoms with Gasteiger partial charge in [0.25, 0.3) is 5.56 Å². The fourth-order valence-corrected chi connectivity index (χ4v) is 3.11. The van der Waals surface area contributed by atoms with E-state index in [9.17, 15) is 14.4 Å². The Morgan fingerprint density at radius 2 is 1.89 bits per heavy atom. The molecule has 0 bridgehead atoms. The van der Waals surface area contributed by atoms with E-state index in [0.29, 0.717) is 15.6 Å². The third-order valence-electron chi connectivity index (χ3n) is 4.40. The summed E-state index contributed by atoms with van der Waals surface area (Å²) >= 11 is 11.9. The standard InChI is InChI=1S/C17H17Cl2N5O4/c1-8(15(26)27)20-16-21-13-12(22(16)2)14(25)24(17(28)23(13)3)7-9-4-5-10(18)11(19)6-9/h4-6,8H,7H2,1-3H3,(H,20,21)(H,26,27)/t8-/m1/s1. The van der Waals surface area contributed by atoms with Crippen molar-refractivity contribution in [1.82, 2.24) is 18.7 Å². The number of halogens is 2. The Labute approximate surface area is 168 Å². The molecule has 1 aromatic carbocycles. The number of carboxylic acid groups (broad SMARTS) is 1. The van der Waals surface area contributed by atoms with Crippen molar-refractivity contribution in [3.05, 3.63) is 54.6 Å². The summed E-state index contributed by atoms with van der Waals surface area (Å²) in [7, 11) is 3.06. The highest BCUT2D eigenvalue weighted by atomic mass is 35.5. The summed E-state index contributed by atoms with van der Waals surface area (Å²) in [6, 6.07) is 3.93. The second kappa shape index (κ2) is 7.33. The van der Waals surface area contributed by atoms with Crippen LogP contribution in [0.1, 0.15) is 12.5 Å². The first-order chi connectivity index (χ1) is 13.1. The molecule has 0 amide bonds. The van der Waals surface area contributed by atoms with Gasteiger partial charge in [0.1, 0.15) is 6.04 Å². The predicted octanol–water partition coefficient (Wildman–Crippen LogP) is 1.67. The number of aryl methyl sites for hydroxylation is 2. The number of nitrogens with one attached hydrogen (secondary N) is 1. The van der Waals surface area contributed by atoms with Crippen LogP contribution in [-0.4, -0.2) is 35.8 Å². The molecule has 9 nitrogen and oxygen atoms in total. The maximum absolute atomic E-state index is 13.0. The number of aromatic nitrogens is 4. The first-order valence-electron chi connectivity index (χ1n) is 8.21. The topological polar surface area (TPSA) is 111 Å². The van der Waals surface area contributed by atoms with E-state index in [4.69, 9.17) is 28.3 Å². The molecule has 0 saturated carbocycles. The van der Waals surface area contributed by atoms with Gasteiger partial charge in [-0.15, -0.1) is 0 Å². The number of rotatable bonds is 5. The molecule has 2 aromatic heterocycles. The van der Waals surface area contributed by atoms with Crippen LogP contribution in [0.2, 0.25) is 10.0 Å². The molecule has 0 aliphatic rings. The summed E-state index contributed by atoms with van der Waals surface area (Å²) in [6.07, 6.45) is 0. The number of imidazole rings is 1. The predicted molar refractivity (Wildman–Crippen MR) is 106 cm³/mol. The molecule has 11 heteroatoms. The van der Waals surface area contributed by atoms with E-state index in [-0.39, 0.29) is 23.7 Å². The van der Waals surface area contributed by atoms with Crippen LogP contribution in [0.3, 0.4) is 0 Å². The molecule has 0 saturated heterocycles. The van der Waals surface area contributed by atoms with Gasteiger partial charge in [0.2, 0.25) is 5.95 Å². The fraction of sp³-hybridized carbons (Fsp3) is 0.294. The second-order valence-corrected chi connectivity index (χ2v) is 7.17. The number of benzene rings is 1. The lowest BCUT2D eigenvalue weighted by atomic mass is 10.2. The van der Waals surface area contributed by atoms with Crippen LogP contribution in [-0.2, 0) is 25.4 Å². The highest BCUT2D eigenvalue weighted by Gasteiger charge is 2.21. The quantitative estimate of drug-likeness (QED) is 0.642. The SMILES string of the molecule is C[C@@H](Nc1nc2c(c(=O)n(Cc3ccc(Cl)c(Cl)c3)c(=O)n2C)n1C)C(=O)O. The van der Waals surface area contributed by atoms with Crippen LogP contribution in [0.5, 0.6) is 0 Å². The smallest absolute Gasteiger partial charge is 0.332 e. The van der Waals surface area contributed by atoms with Crippen molar-refractivity contribution >= 4 is 46.3 Å². The van der Waals surface area contributed by atoms with Crippen LogP contribution in [0.25, 0.3) is 11.2 Å². The molecule has 2 N–H and O–H groups in total. The van der Waals surface area contributed by atoms with E-state index in [1.54, 1.807) is 25.2 Å². The number of fused-ring (bicyclic) bond motifs is 1. The molecule has 3 aromatic rings. The van der Waals surface area contributed by atoms with Crippen molar-refractivity contribution in [3.63, 3.8) is 0 Å². The Morgan fingerprint density at radius 1 is 1.21 bits per heavy atom. The lowest BCUT2D eigenvalue weighted by Crippen LogP contribution is -2.39. The molecule has 148 valence electrons. The number of nitrogens with zero attached hydrogens (tertiary/aromatic N) is 4. The van der Waals surface area contributed by atoms with Gasteiger partial charge in [-0.1, -0.05) is 29.3 Å². The third-order valence-corrected chi connectivity index (χ3v) is 5.14. The summed E-state index contributed by atoms with van der Waals surface area (Å²) in [5.74, 6) is -0.901. The Bertz CT molecular complexity index is 1210. The van der Waals surface area contributed by atoms with Gasteiger partial charge in [-0.05, 0) is 24.6 Å². The molecule has 0 aliphatic carbocycles. The van der Waals surface area contributed by atoms with Crippen molar-refractivity contribution in [2.45, 2.75) is 19.5 Å². The normalized spacial score (nSPS) is 12.3. The maximum Gasteiger partial charge on any atom is 0.332 e. The van der Waals surface area contributed by atoms with Crippen LogP contribution in [0.4, 0.5) is 5.95 Å². The summed E-state index contributed by atoms with van der Waals surface area (Å²) in [5.41, 5.74) is -0.145. The third kappa shape index (κ3) is 3.38. The summed E-state index contributed by atoms with van der Waals surface area (Å²) in [4.78, 5) is 41.0. The van der Waals surface area contributed by atoms with Gasteiger partial charge >= 0.3 is 11.7 Å². The fourth-order valence-electron chi connectivity index (χ4n) is 2.79. The number of aliphatic carboxylic acids is 1. The van der Waals surface area contributed by atoms with Gasteiger partial charge in [-0.25, -0.2) is 4.79 Å². The molecular weight excluding hydrogens is 409 g/mol. The minimum absolute atomic E-state index is 0.00218. The lowest BCUT2D eigenvalue weighted by molar-refractivity contribution is -0.137. The zero-order valence-corrected chi connectivity index (χ0v) is 16.7. The van der Waals surface area contributed by atoms with Gasteiger partial charge in [0, 0.05) is 14.1 Å². The highest BCUT2D eigenvalue weighted by molar-refractivity contribution is 6.42. The van der Waals surface area contributed by atoms with E-state index in [1.807, 2.05) is 0 Å². The van der Waals surface area contributed by atoms with E-state index in [1.165, 1.54) is 23.1 Å². The molecule has 3 rings (SSSR count). The van der Waals surface area contributed by atoms with Gasteiger partial charge in [0.05, 0.1) is 16.6 Å². The molecule has 0 spiro atoms. The molecule has 0 fully saturated rings. The first-order valence-corrected chi connectivity index (χ1v) is 8.97. The number of carboxylic acids is 1. The Hall–Kier alpha value is -2.78. The van der Waals surface area contributed by atoms with Gasteiger partial charge in [-0.2, -0.15) is 4.98 Å². The molecule has 2 heterocycles. The zero-order chi connectivity index (χ0) is 20.7. The molecular formula is C17H17Cl2N5O4. The molecule has 0 aliphatic heterocycles. The Balaban J connectivity index is 2.16. The number of carbonyl (C=O) groups is 1. The van der Waals surface area contributed by atoms with E-state index in [2.05, 4.69) is 10.3 Å². The minimum atomic E-state index is -1.07. The van der Waals surface area contributed by atoms with Crippen molar-refractivity contribution in [2.24, 2.45) is 14.1 Å². The number of hydrogen-bond donors (Lipinski definition) is 2. The minimum Gasteiger partial charge on any atom is -0.480 e. The number of hydrogen-bond acceptors (Lipinski definition) is 5. The lowest BCUT2D eigenvalue weighted by Gasteiger charge is -2.10. The first kappa shape index (κ1) is 20.0. The average Bonchev–Trinajstić information content (AvgIpc) is 2.96. The van der Waals surface area contributed by atoms with E-state index >= 15 is 0 Å². The van der Waals surface area contributed by atoms with Crippen molar-refractivity contribution in [2.75, 3.05) is 5.32 Å². The molecule has 0 radical (unpaired) electrons. The van der Waals surface area contributed by atoms with Crippen LogP contribution in [0, 0.1) is 0 Å². The Morgan fingerprint density at radius 3 is 2.50 bits per heavy atom. The maximum atomic E-state index is 13.0.